The number of aromatic nitrogens is 4. The van der Waals surface area contributed by atoms with Crippen LogP contribution in [0.5, 0.6) is 0 Å². The number of halogens is 2. The fourth-order valence-electron chi connectivity index (χ4n) is 3.93. The summed E-state index contributed by atoms with van der Waals surface area (Å²) in [6, 6.07) is 4.17. The summed E-state index contributed by atoms with van der Waals surface area (Å²) >= 11 is 3.12. The molecule has 1 saturated carbocycles. The molecule has 1 aliphatic carbocycles. The Kier molecular flexibility index (Phi) is 7.24. The molecule has 2 heterocycles. The lowest BCUT2D eigenvalue weighted by Gasteiger charge is -2.29. The minimum atomic E-state index is -0.759. The Morgan fingerprint density at radius 2 is 1.97 bits per heavy atom. The number of amides is 1. The highest BCUT2D eigenvalue weighted by molar-refractivity contribution is 9.10. The molecule has 3 aromatic rings. The van der Waals surface area contributed by atoms with E-state index in [4.69, 9.17) is 13.9 Å². The summed E-state index contributed by atoms with van der Waals surface area (Å²) in [4.78, 5) is 24.2. The van der Waals surface area contributed by atoms with Crippen molar-refractivity contribution in [1.29, 1.82) is 0 Å². The van der Waals surface area contributed by atoms with E-state index in [-0.39, 0.29) is 22.0 Å². The van der Waals surface area contributed by atoms with E-state index in [9.17, 15) is 14.0 Å². The molecule has 2 aromatic heterocycles. The average Bonchev–Trinajstić information content (AvgIpc) is 3.40. The van der Waals surface area contributed by atoms with Crippen molar-refractivity contribution in [2.24, 2.45) is 5.92 Å². The van der Waals surface area contributed by atoms with Crippen molar-refractivity contribution in [3.8, 4) is 17.2 Å². The number of hydrogen-bond donors (Lipinski definition) is 2. The van der Waals surface area contributed by atoms with Crippen LogP contribution in [-0.4, -0.2) is 44.3 Å². The van der Waals surface area contributed by atoms with E-state index in [1.54, 1.807) is 0 Å². The van der Waals surface area contributed by atoms with Crippen LogP contribution in [0.1, 0.15) is 46.5 Å². The van der Waals surface area contributed by atoms with Gasteiger partial charge in [-0.15, -0.1) is 0 Å². The molecule has 0 saturated heterocycles. The predicted molar refractivity (Wildman–Crippen MR) is 127 cm³/mol. The normalized spacial score (nSPS) is 18.3. The smallest absolute Gasteiger partial charge is 0.444 e. The molecule has 1 amide bonds. The molecule has 1 aliphatic rings. The lowest BCUT2D eigenvalue weighted by atomic mass is 9.86. The van der Waals surface area contributed by atoms with Crippen molar-refractivity contribution in [1.82, 2.24) is 25.4 Å². The van der Waals surface area contributed by atoms with Gasteiger partial charge in [0.05, 0.1) is 10.2 Å². The van der Waals surface area contributed by atoms with E-state index >= 15 is 0 Å². The first kappa shape index (κ1) is 24.9. The standard InChI is InChI=1S/C22H26BrFN6O5/c1-22(2,3)33-20(31)25-11-12-4-6-13(7-5-12)26-18-17(27-35-28-18)19-29-34-21(32)30(19)14-8-9-16(24)15(23)10-14/h8-10,12-13H,4-7,11H2,1-3H3,(H,25,31)(H,26,28). The highest BCUT2D eigenvalue weighted by atomic mass is 79.9. The van der Waals surface area contributed by atoms with Crippen LogP contribution in [0.15, 0.2) is 36.6 Å². The lowest BCUT2D eigenvalue weighted by molar-refractivity contribution is 0.0515. The Balaban J connectivity index is 1.40. The molecule has 13 heteroatoms. The minimum absolute atomic E-state index is 0.0764. The van der Waals surface area contributed by atoms with Gasteiger partial charge >= 0.3 is 11.8 Å². The van der Waals surface area contributed by atoms with Gasteiger partial charge in [-0.1, -0.05) is 5.16 Å². The monoisotopic (exact) mass is 552 g/mol. The first-order valence-electron chi connectivity index (χ1n) is 11.2. The van der Waals surface area contributed by atoms with Crippen LogP contribution in [-0.2, 0) is 4.74 Å². The minimum Gasteiger partial charge on any atom is -0.444 e. The van der Waals surface area contributed by atoms with Crippen molar-refractivity contribution in [2.75, 3.05) is 11.9 Å². The van der Waals surface area contributed by atoms with Gasteiger partial charge in [0.15, 0.2) is 5.69 Å². The number of hydrogen-bond acceptors (Lipinski definition) is 9. The van der Waals surface area contributed by atoms with Crippen molar-refractivity contribution in [3.05, 3.63) is 39.0 Å². The molecule has 0 radical (unpaired) electrons. The lowest BCUT2D eigenvalue weighted by Crippen LogP contribution is -2.37. The second-order valence-electron chi connectivity index (χ2n) is 9.41. The molecule has 1 aromatic carbocycles. The Labute approximate surface area is 208 Å². The molecule has 0 aliphatic heterocycles. The number of nitrogens with one attached hydrogen (secondary N) is 2. The van der Waals surface area contributed by atoms with Crippen LogP contribution in [0.4, 0.5) is 15.0 Å². The van der Waals surface area contributed by atoms with Gasteiger partial charge in [-0.25, -0.2) is 23.2 Å². The number of alkyl carbamates (subject to hydrolysis) is 1. The summed E-state index contributed by atoms with van der Waals surface area (Å²) in [5.74, 6) is -0.489. The van der Waals surface area contributed by atoms with Gasteiger partial charge in [0, 0.05) is 12.6 Å². The van der Waals surface area contributed by atoms with Crippen molar-refractivity contribution < 1.29 is 23.1 Å². The number of carbonyl (C=O) groups excluding carboxylic acids is 1. The SMILES string of the molecule is CC(C)(C)OC(=O)NCC1CCC(Nc2nonc2-c2noc(=O)n2-c2ccc(F)c(Br)c2)CC1. The van der Waals surface area contributed by atoms with E-state index in [2.05, 4.69) is 42.0 Å². The molecule has 2 N–H and O–H groups in total. The van der Waals surface area contributed by atoms with Gasteiger partial charge in [0.2, 0.25) is 11.6 Å². The van der Waals surface area contributed by atoms with Crippen LogP contribution in [0, 0.1) is 11.7 Å². The quantitative estimate of drug-likeness (QED) is 0.458. The Morgan fingerprint density at radius 1 is 1.23 bits per heavy atom. The summed E-state index contributed by atoms with van der Waals surface area (Å²) in [6.45, 7) is 6.03. The van der Waals surface area contributed by atoms with Crippen LogP contribution in [0.2, 0.25) is 0 Å². The topological polar surface area (TPSA) is 137 Å². The molecule has 4 rings (SSSR count). The zero-order valence-electron chi connectivity index (χ0n) is 19.5. The molecule has 0 spiro atoms. The van der Waals surface area contributed by atoms with Gasteiger partial charge in [0.1, 0.15) is 11.4 Å². The van der Waals surface area contributed by atoms with Crippen LogP contribution >= 0.6 is 15.9 Å². The third kappa shape index (κ3) is 6.08. The molecule has 1 fully saturated rings. The summed E-state index contributed by atoms with van der Waals surface area (Å²) in [5.41, 5.74) is 0.00770. The van der Waals surface area contributed by atoms with Crippen molar-refractivity contribution >= 4 is 27.8 Å². The molecule has 35 heavy (non-hydrogen) atoms. The highest BCUT2D eigenvalue weighted by Crippen LogP contribution is 2.30. The fourth-order valence-corrected chi connectivity index (χ4v) is 4.29. The second kappa shape index (κ2) is 10.2. The molecule has 0 bridgehead atoms. The number of carbonyl (C=O) groups is 1. The largest absolute Gasteiger partial charge is 0.446 e. The van der Waals surface area contributed by atoms with E-state index in [1.165, 1.54) is 18.2 Å². The Bertz CT molecular complexity index is 1240. The van der Waals surface area contributed by atoms with E-state index in [0.717, 1.165) is 30.3 Å². The highest BCUT2D eigenvalue weighted by Gasteiger charge is 2.27. The summed E-state index contributed by atoms with van der Waals surface area (Å²) in [5, 5.41) is 17.8. The first-order chi connectivity index (χ1) is 16.6. The molecule has 0 unspecified atom stereocenters. The van der Waals surface area contributed by atoms with Gasteiger partial charge < -0.3 is 15.4 Å². The average molecular weight is 553 g/mol. The zero-order valence-corrected chi connectivity index (χ0v) is 21.1. The molecule has 188 valence electrons. The van der Waals surface area contributed by atoms with Gasteiger partial charge in [0.25, 0.3) is 0 Å². The Morgan fingerprint density at radius 3 is 2.66 bits per heavy atom. The van der Waals surface area contributed by atoms with Crippen LogP contribution in [0.3, 0.4) is 0 Å². The maximum Gasteiger partial charge on any atom is 0.446 e. The van der Waals surface area contributed by atoms with Gasteiger partial charge in [-0.05, 0) is 96.8 Å². The number of anilines is 1. The third-order valence-electron chi connectivity index (χ3n) is 5.59. The van der Waals surface area contributed by atoms with Gasteiger partial charge in [-0.3, -0.25) is 4.52 Å². The molecular weight excluding hydrogens is 527 g/mol. The zero-order chi connectivity index (χ0) is 25.2. The molecule has 11 nitrogen and oxygen atoms in total. The summed E-state index contributed by atoms with van der Waals surface area (Å²) in [7, 11) is 0. The summed E-state index contributed by atoms with van der Waals surface area (Å²) in [6.07, 6.45) is 3.05. The second-order valence-corrected chi connectivity index (χ2v) is 10.3. The number of benzene rings is 1. The van der Waals surface area contributed by atoms with E-state index in [0.29, 0.717) is 24.0 Å². The number of rotatable bonds is 6. The van der Waals surface area contributed by atoms with Crippen molar-refractivity contribution in [3.63, 3.8) is 0 Å². The van der Waals surface area contributed by atoms with Crippen LogP contribution < -0.4 is 16.4 Å². The maximum atomic E-state index is 13.7. The van der Waals surface area contributed by atoms with E-state index in [1.807, 2.05) is 20.8 Å². The maximum absolute atomic E-state index is 13.7. The summed E-state index contributed by atoms with van der Waals surface area (Å²) < 4.78 is 30.1. The molecular formula is C22H26BrFN6O5. The predicted octanol–water partition coefficient (Wildman–Crippen LogP) is 4.27. The number of ether oxygens (including phenoxy) is 1. The van der Waals surface area contributed by atoms with E-state index < -0.39 is 23.3 Å². The van der Waals surface area contributed by atoms with Gasteiger partial charge in [-0.2, -0.15) is 0 Å². The number of nitrogens with zero attached hydrogens (tertiary/aromatic N) is 4. The van der Waals surface area contributed by atoms with Crippen molar-refractivity contribution in [2.45, 2.75) is 58.1 Å². The first-order valence-corrected chi connectivity index (χ1v) is 12.0. The molecule has 0 atom stereocenters. The fraction of sp³-hybridized carbons (Fsp3) is 0.500. The Hall–Kier alpha value is -3.22. The van der Waals surface area contributed by atoms with Crippen LogP contribution in [0.25, 0.3) is 17.2 Å². The third-order valence-corrected chi connectivity index (χ3v) is 6.20.